The summed E-state index contributed by atoms with van der Waals surface area (Å²) in [7, 11) is 0. The number of hydrogen-bond donors (Lipinski definition) is 5. The zero-order chi connectivity index (χ0) is 14.2. The van der Waals surface area contributed by atoms with E-state index in [9.17, 15) is 9.59 Å². The van der Waals surface area contributed by atoms with E-state index in [4.69, 9.17) is 10.8 Å². The van der Waals surface area contributed by atoms with E-state index in [0.717, 1.165) is 45.4 Å². The molecular formula is C11H26N4O3. The Morgan fingerprint density at radius 3 is 2.00 bits per heavy atom. The second kappa shape index (κ2) is 15.8. The molecule has 0 aromatic carbocycles. The summed E-state index contributed by atoms with van der Waals surface area (Å²) in [5.74, 6) is -0.916. The Morgan fingerprint density at radius 1 is 1.06 bits per heavy atom. The number of carboxylic acids is 1. The average Bonchev–Trinajstić information content (AvgIpc) is 2.33. The first kappa shape index (κ1) is 19.2. The Labute approximate surface area is 108 Å². The molecule has 108 valence electrons. The maximum Gasteiger partial charge on any atom is 0.317 e. The van der Waals surface area contributed by atoms with Crippen LogP contribution < -0.4 is 22.1 Å². The number of aliphatic carboxylic acids is 1. The Kier molecular flexibility index (Phi) is 16.8. The van der Waals surface area contributed by atoms with Gasteiger partial charge in [-0.1, -0.05) is 0 Å². The molecule has 1 amide bonds. The smallest absolute Gasteiger partial charge is 0.317 e. The lowest BCUT2D eigenvalue weighted by molar-refractivity contribution is -0.135. The number of amides is 1. The van der Waals surface area contributed by atoms with E-state index < -0.39 is 5.97 Å². The topological polar surface area (TPSA) is 130 Å². The maximum atomic E-state index is 10.5. The highest BCUT2D eigenvalue weighted by Crippen LogP contribution is 1.84. The Hall–Kier alpha value is -1.18. The van der Waals surface area contributed by atoms with Crippen LogP contribution in [0, 0.1) is 0 Å². The van der Waals surface area contributed by atoms with Crippen molar-refractivity contribution in [3.8, 4) is 0 Å². The van der Waals surface area contributed by atoms with Crippen molar-refractivity contribution >= 4 is 11.9 Å². The minimum absolute atomic E-state index is 0.0519. The van der Waals surface area contributed by atoms with Crippen molar-refractivity contribution in [2.45, 2.75) is 26.2 Å². The molecule has 0 unspecified atom stereocenters. The average molecular weight is 262 g/mol. The molecule has 0 fully saturated rings. The molecule has 0 saturated heterocycles. The van der Waals surface area contributed by atoms with Crippen LogP contribution >= 0.6 is 0 Å². The van der Waals surface area contributed by atoms with Crippen LogP contribution in [0.3, 0.4) is 0 Å². The van der Waals surface area contributed by atoms with Crippen LogP contribution in [0.5, 0.6) is 0 Å². The zero-order valence-electron chi connectivity index (χ0n) is 11.1. The molecule has 7 nitrogen and oxygen atoms in total. The predicted octanol–water partition coefficient (Wildman–Crippen LogP) is -1.13. The molecule has 0 aliphatic heterocycles. The summed E-state index contributed by atoms with van der Waals surface area (Å²) in [6, 6.07) is 0. The SMILES string of the molecule is CC(=O)NCCCCNCCCN.NCC(=O)O. The van der Waals surface area contributed by atoms with Crippen molar-refractivity contribution in [1.82, 2.24) is 10.6 Å². The number of unbranched alkanes of at least 4 members (excludes halogenated alkanes) is 1. The van der Waals surface area contributed by atoms with E-state index in [0.29, 0.717) is 0 Å². The Balaban J connectivity index is 0. The molecule has 0 aliphatic rings. The highest BCUT2D eigenvalue weighted by Gasteiger charge is 1.91. The van der Waals surface area contributed by atoms with Crippen molar-refractivity contribution in [1.29, 1.82) is 0 Å². The van der Waals surface area contributed by atoms with Gasteiger partial charge in [-0.2, -0.15) is 0 Å². The molecule has 0 atom stereocenters. The van der Waals surface area contributed by atoms with E-state index in [2.05, 4.69) is 16.4 Å². The van der Waals surface area contributed by atoms with Gasteiger partial charge >= 0.3 is 5.97 Å². The number of carbonyl (C=O) groups is 2. The van der Waals surface area contributed by atoms with Crippen molar-refractivity contribution in [2.75, 3.05) is 32.7 Å². The summed E-state index contributed by atoms with van der Waals surface area (Å²) in [5, 5.41) is 13.6. The number of carboxylic acid groups (broad SMARTS) is 1. The van der Waals surface area contributed by atoms with E-state index >= 15 is 0 Å². The zero-order valence-corrected chi connectivity index (χ0v) is 11.1. The molecule has 0 rings (SSSR count). The van der Waals surface area contributed by atoms with Gasteiger partial charge in [0, 0.05) is 13.5 Å². The minimum atomic E-state index is -0.968. The number of hydrogen-bond acceptors (Lipinski definition) is 5. The van der Waals surface area contributed by atoms with Crippen LogP contribution in [-0.4, -0.2) is 49.7 Å². The van der Waals surface area contributed by atoms with Crippen molar-refractivity contribution in [3.05, 3.63) is 0 Å². The summed E-state index contributed by atoms with van der Waals surface area (Å²) in [4.78, 5) is 19.7. The number of nitrogens with two attached hydrogens (primary N) is 2. The van der Waals surface area contributed by atoms with Crippen molar-refractivity contribution < 1.29 is 14.7 Å². The normalized spacial score (nSPS) is 9.28. The predicted molar refractivity (Wildman–Crippen MR) is 71.1 cm³/mol. The van der Waals surface area contributed by atoms with Crippen LogP contribution in [0.15, 0.2) is 0 Å². The molecule has 0 saturated carbocycles. The lowest BCUT2D eigenvalue weighted by Crippen LogP contribution is -2.23. The van der Waals surface area contributed by atoms with Gasteiger partial charge in [-0.05, 0) is 38.9 Å². The number of nitrogens with one attached hydrogen (secondary N) is 2. The lowest BCUT2D eigenvalue weighted by atomic mass is 10.3. The summed E-state index contributed by atoms with van der Waals surface area (Å²) in [6.45, 7) is 4.81. The first-order valence-electron chi connectivity index (χ1n) is 6.11. The Morgan fingerprint density at radius 2 is 1.56 bits per heavy atom. The molecule has 0 aromatic rings. The van der Waals surface area contributed by atoms with Gasteiger partial charge in [0.15, 0.2) is 0 Å². The number of rotatable bonds is 9. The van der Waals surface area contributed by atoms with Gasteiger partial charge in [-0.3, -0.25) is 9.59 Å². The number of carbonyl (C=O) groups excluding carboxylic acids is 1. The molecule has 0 aliphatic carbocycles. The first-order chi connectivity index (χ1) is 8.54. The van der Waals surface area contributed by atoms with Crippen LogP contribution in [0.25, 0.3) is 0 Å². The summed E-state index contributed by atoms with van der Waals surface area (Å²) in [5.41, 5.74) is 9.91. The van der Waals surface area contributed by atoms with Crippen LogP contribution in [-0.2, 0) is 9.59 Å². The summed E-state index contributed by atoms with van der Waals surface area (Å²) < 4.78 is 0. The second-order valence-electron chi connectivity index (χ2n) is 3.68. The lowest BCUT2D eigenvalue weighted by Gasteiger charge is -2.03. The van der Waals surface area contributed by atoms with Gasteiger partial charge in [0.05, 0.1) is 6.54 Å². The fourth-order valence-electron chi connectivity index (χ4n) is 0.991. The standard InChI is InChI=1S/C9H21N3O.C2H5NO2/c1-9(13)12-8-3-2-6-11-7-4-5-10;3-1-2(4)5/h11H,2-8,10H2,1H3,(H,12,13);1,3H2,(H,4,5). The summed E-state index contributed by atoms with van der Waals surface area (Å²) >= 11 is 0. The molecular weight excluding hydrogens is 236 g/mol. The second-order valence-corrected chi connectivity index (χ2v) is 3.68. The van der Waals surface area contributed by atoms with Gasteiger partial charge in [-0.25, -0.2) is 0 Å². The molecule has 7 N–H and O–H groups in total. The third kappa shape index (κ3) is 24.2. The van der Waals surface area contributed by atoms with Crippen molar-refractivity contribution in [3.63, 3.8) is 0 Å². The van der Waals surface area contributed by atoms with Gasteiger partial charge in [0.1, 0.15) is 0 Å². The Bertz CT molecular complexity index is 212. The van der Waals surface area contributed by atoms with Gasteiger partial charge < -0.3 is 27.2 Å². The molecule has 0 heterocycles. The molecule has 0 radical (unpaired) electrons. The summed E-state index contributed by atoms with van der Waals surface area (Å²) in [6.07, 6.45) is 3.17. The quantitative estimate of drug-likeness (QED) is 0.334. The molecule has 18 heavy (non-hydrogen) atoms. The highest BCUT2D eigenvalue weighted by atomic mass is 16.4. The van der Waals surface area contributed by atoms with Crippen LogP contribution in [0.1, 0.15) is 26.2 Å². The maximum absolute atomic E-state index is 10.5. The highest BCUT2D eigenvalue weighted by molar-refractivity contribution is 5.72. The van der Waals surface area contributed by atoms with E-state index in [1.807, 2.05) is 0 Å². The third-order valence-corrected chi connectivity index (χ3v) is 1.89. The van der Waals surface area contributed by atoms with E-state index in [-0.39, 0.29) is 12.5 Å². The molecule has 0 spiro atoms. The van der Waals surface area contributed by atoms with Crippen molar-refractivity contribution in [2.24, 2.45) is 11.5 Å². The van der Waals surface area contributed by atoms with Gasteiger partial charge in [-0.15, -0.1) is 0 Å². The third-order valence-electron chi connectivity index (χ3n) is 1.89. The van der Waals surface area contributed by atoms with Gasteiger partial charge in [0.25, 0.3) is 0 Å². The molecule has 0 aromatic heterocycles. The van der Waals surface area contributed by atoms with E-state index in [1.54, 1.807) is 6.92 Å². The largest absolute Gasteiger partial charge is 0.480 e. The van der Waals surface area contributed by atoms with E-state index in [1.165, 1.54) is 0 Å². The van der Waals surface area contributed by atoms with Crippen LogP contribution in [0.4, 0.5) is 0 Å². The minimum Gasteiger partial charge on any atom is -0.480 e. The van der Waals surface area contributed by atoms with Crippen LogP contribution in [0.2, 0.25) is 0 Å². The fraction of sp³-hybridized carbons (Fsp3) is 0.818. The molecule has 7 heteroatoms. The van der Waals surface area contributed by atoms with Gasteiger partial charge in [0.2, 0.25) is 5.91 Å². The monoisotopic (exact) mass is 262 g/mol. The first-order valence-corrected chi connectivity index (χ1v) is 6.11. The molecule has 0 bridgehead atoms. The fourth-order valence-corrected chi connectivity index (χ4v) is 0.991.